The Morgan fingerprint density at radius 2 is 1.55 bits per heavy atom. The van der Waals surface area contributed by atoms with E-state index in [1.807, 2.05) is 20.8 Å². The Morgan fingerprint density at radius 1 is 0.925 bits per heavy atom. The fourth-order valence-corrected chi connectivity index (χ4v) is 4.53. The lowest BCUT2D eigenvalue weighted by Crippen LogP contribution is -2.61. The van der Waals surface area contributed by atoms with Gasteiger partial charge in [0.15, 0.2) is 0 Å². The highest BCUT2D eigenvalue weighted by Gasteiger charge is 2.43. The minimum Gasteiger partial charge on any atom is -0.438 e. The average molecular weight is 568 g/mol. The third kappa shape index (κ3) is 9.37. The minimum atomic E-state index is -1.11. The molecule has 0 aromatic carbocycles. The van der Waals surface area contributed by atoms with Gasteiger partial charge in [0.2, 0.25) is 17.6 Å². The monoisotopic (exact) mass is 567 g/mol. The fourth-order valence-electron chi connectivity index (χ4n) is 4.53. The van der Waals surface area contributed by atoms with Gasteiger partial charge in [-0.05, 0) is 36.0 Å². The second-order valence-corrected chi connectivity index (χ2v) is 12.8. The topological polar surface area (TPSA) is 186 Å². The number of primary amides is 1. The molecule has 1 aliphatic carbocycles. The van der Waals surface area contributed by atoms with Crippen LogP contribution in [0.5, 0.6) is 0 Å². The zero-order valence-electron chi connectivity index (χ0n) is 24.6. The Bertz CT molecular complexity index is 982. The van der Waals surface area contributed by atoms with Gasteiger partial charge in [-0.3, -0.25) is 19.2 Å². The molecule has 13 heteroatoms. The van der Waals surface area contributed by atoms with Crippen LogP contribution in [-0.4, -0.2) is 85.0 Å². The van der Waals surface area contributed by atoms with Gasteiger partial charge in [0, 0.05) is 6.54 Å². The number of rotatable bonds is 11. The molecule has 0 aromatic heterocycles. The molecular formula is C27H45N5O8. The van der Waals surface area contributed by atoms with E-state index in [0.717, 1.165) is 12.8 Å². The van der Waals surface area contributed by atoms with Gasteiger partial charge < -0.3 is 36.1 Å². The maximum atomic E-state index is 13.8. The van der Waals surface area contributed by atoms with E-state index in [4.69, 9.17) is 10.5 Å². The average Bonchev–Trinajstić information content (AvgIpc) is 3.53. The molecule has 2 aliphatic rings. The first-order valence-electron chi connectivity index (χ1n) is 13.7. The van der Waals surface area contributed by atoms with Crippen LogP contribution in [0.4, 0.5) is 9.59 Å². The van der Waals surface area contributed by atoms with Gasteiger partial charge in [-0.15, -0.1) is 0 Å². The van der Waals surface area contributed by atoms with Gasteiger partial charge >= 0.3 is 12.2 Å². The first-order chi connectivity index (χ1) is 18.4. The molecule has 226 valence electrons. The highest BCUT2D eigenvalue weighted by molar-refractivity contribution is 6.37. The highest BCUT2D eigenvalue weighted by atomic mass is 16.7. The summed E-state index contributed by atoms with van der Waals surface area (Å²) < 4.78 is 9.54. The van der Waals surface area contributed by atoms with Gasteiger partial charge in [0.1, 0.15) is 18.7 Å². The molecule has 1 saturated carbocycles. The van der Waals surface area contributed by atoms with E-state index in [-0.39, 0.29) is 12.5 Å². The summed E-state index contributed by atoms with van der Waals surface area (Å²) in [5, 5.41) is 8.17. The smallest absolute Gasteiger partial charge is 0.438 e. The first-order valence-corrected chi connectivity index (χ1v) is 13.7. The van der Waals surface area contributed by atoms with Crippen LogP contribution in [0.15, 0.2) is 0 Å². The van der Waals surface area contributed by atoms with Crippen LogP contribution in [0.3, 0.4) is 0 Å². The number of nitrogens with two attached hydrogens (primary N) is 1. The van der Waals surface area contributed by atoms with Crippen molar-refractivity contribution in [2.75, 3.05) is 20.3 Å². The van der Waals surface area contributed by atoms with E-state index in [1.165, 1.54) is 12.0 Å². The number of Topliss-reactive ketones (excluding diaryl/α,β-unsaturated/α-hetero) is 1. The van der Waals surface area contributed by atoms with Gasteiger partial charge in [0.05, 0.1) is 19.2 Å². The Hall–Kier alpha value is -3.38. The van der Waals surface area contributed by atoms with Gasteiger partial charge in [-0.25, -0.2) is 9.59 Å². The molecule has 4 atom stereocenters. The van der Waals surface area contributed by atoms with Crippen molar-refractivity contribution in [3.63, 3.8) is 0 Å². The van der Waals surface area contributed by atoms with E-state index in [9.17, 15) is 28.8 Å². The van der Waals surface area contributed by atoms with Crippen LogP contribution in [0.2, 0.25) is 0 Å². The van der Waals surface area contributed by atoms with Gasteiger partial charge in [0.25, 0.3) is 5.91 Å². The number of likely N-dealkylation sites (tertiary alicyclic amines) is 1. The first kappa shape index (κ1) is 32.8. The number of carbonyl (C=O) groups is 6. The third-order valence-electron chi connectivity index (χ3n) is 7.25. The van der Waals surface area contributed by atoms with Crippen molar-refractivity contribution in [1.82, 2.24) is 20.9 Å². The molecule has 13 nitrogen and oxygen atoms in total. The summed E-state index contributed by atoms with van der Waals surface area (Å²) in [6.45, 7) is 11.1. The fraction of sp³-hybridized carbons (Fsp3) is 0.778. The molecule has 5 N–H and O–H groups in total. The summed E-state index contributed by atoms with van der Waals surface area (Å²) in [5.41, 5.74) is 3.97. The highest BCUT2D eigenvalue weighted by Crippen LogP contribution is 2.34. The number of hydrogen-bond donors (Lipinski definition) is 4. The Kier molecular flexibility index (Phi) is 10.9. The molecule has 0 bridgehead atoms. The normalized spacial score (nSPS) is 19.6. The Morgan fingerprint density at radius 3 is 2.05 bits per heavy atom. The lowest BCUT2D eigenvalue weighted by atomic mass is 9.85. The van der Waals surface area contributed by atoms with E-state index in [2.05, 4.69) is 20.7 Å². The molecule has 1 aliphatic heterocycles. The predicted octanol–water partition coefficient (Wildman–Crippen LogP) is 1.23. The van der Waals surface area contributed by atoms with Crippen LogP contribution in [0.25, 0.3) is 0 Å². The number of methoxy groups -OCH3 is 1. The summed E-state index contributed by atoms with van der Waals surface area (Å²) in [4.78, 5) is 76.8. The van der Waals surface area contributed by atoms with Gasteiger partial charge in [-0.2, -0.15) is 0 Å². The zero-order chi connectivity index (χ0) is 30.4. The summed E-state index contributed by atoms with van der Waals surface area (Å²) in [6.07, 6.45) is 2.21. The molecule has 0 aromatic rings. The molecule has 2 rings (SSSR count). The summed E-state index contributed by atoms with van der Waals surface area (Å²) in [7, 11) is 1.18. The second-order valence-electron chi connectivity index (χ2n) is 12.8. The van der Waals surface area contributed by atoms with Crippen LogP contribution < -0.4 is 21.7 Å². The quantitative estimate of drug-likeness (QED) is 0.212. The van der Waals surface area contributed by atoms with Crippen molar-refractivity contribution >= 4 is 35.7 Å². The second kappa shape index (κ2) is 13.3. The zero-order valence-corrected chi connectivity index (χ0v) is 24.6. The summed E-state index contributed by atoms with van der Waals surface area (Å²) >= 11 is 0. The Balaban J connectivity index is 2.15. The van der Waals surface area contributed by atoms with E-state index in [1.54, 1.807) is 20.8 Å². The van der Waals surface area contributed by atoms with Crippen molar-refractivity contribution in [2.24, 2.45) is 22.5 Å². The molecule has 1 heterocycles. The SMILES string of the molecule is COC(=O)OC[C@@H](NC(=O)NC(C(=O)N1CCCC1C(=O)NC(CC1CC1)C(=O)C(N)=O)C(C)(C)C)C(C)(C)C. The molecule has 5 amide bonds. The van der Waals surface area contributed by atoms with E-state index in [0.29, 0.717) is 25.8 Å². The molecule has 3 unspecified atom stereocenters. The Labute approximate surface area is 235 Å². The van der Waals surface area contributed by atoms with Crippen molar-refractivity contribution in [3.8, 4) is 0 Å². The largest absolute Gasteiger partial charge is 0.508 e. The number of hydrogen-bond acceptors (Lipinski definition) is 8. The third-order valence-corrected chi connectivity index (χ3v) is 7.25. The van der Waals surface area contributed by atoms with Crippen molar-refractivity contribution in [3.05, 3.63) is 0 Å². The number of ketones is 1. The van der Waals surface area contributed by atoms with Crippen LogP contribution in [-0.2, 0) is 28.7 Å². The summed E-state index contributed by atoms with van der Waals surface area (Å²) in [5.74, 6) is -2.70. The van der Waals surface area contributed by atoms with Crippen molar-refractivity contribution in [2.45, 2.75) is 97.8 Å². The van der Waals surface area contributed by atoms with Crippen LogP contribution in [0, 0.1) is 16.7 Å². The lowest BCUT2D eigenvalue weighted by Gasteiger charge is -2.37. The predicted molar refractivity (Wildman–Crippen MR) is 145 cm³/mol. The van der Waals surface area contributed by atoms with E-state index < -0.39 is 70.7 Å². The number of urea groups is 1. The number of amides is 5. The maximum Gasteiger partial charge on any atom is 0.508 e. The molecular weight excluding hydrogens is 522 g/mol. The van der Waals surface area contributed by atoms with Gasteiger partial charge in [-0.1, -0.05) is 54.4 Å². The van der Waals surface area contributed by atoms with E-state index >= 15 is 0 Å². The van der Waals surface area contributed by atoms with Crippen molar-refractivity contribution in [1.29, 1.82) is 0 Å². The maximum absolute atomic E-state index is 13.8. The molecule has 40 heavy (non-hydrogen) atoms. The lowest BCUT2D eigenvalue weighted by molar-refractivity contribution is -0.143. The molecule has 0 radical (unpaired) electrons. The standard InChI is InChI=1S/C27H45N5O8/c1-26(2,3)18(14-40-25(38)39-7)30-24(37)31-20(27(4,5)6)23(36)32-12-8-9-17(32)22(35)29-16(13-15-10-11-15)19(33)21(28)34/h15-18,20H,8-14H2,1-7H3,(H2,28,34)(H,29,35)(H2,30,31,37)/t16?,17?,18-,20?/m1/s1. The van der Waals surface area contributed by atoms with Crippen LogP contribution >= 0.6 is 0 Å². The molecule has 1 saturated heterocycles. The molecule has 0 spiro atoms. The summed E-state index contributed by atoms with van der Waals surface area (Å²) in [6, 6.07) is -4.13. The molecule has 2 fully saturated rings. The minimum absolute atomic E-state index is 0.141. The number of carbonyl (C=O) groups excluding carboxylic acids is 6. The number of nitrogens with one attached hydrogen (secondary N) is 3. The van der Waals surface area contributed by atoms with Crippen molar-refractivity contribution < 1.29 is 38.2 Å². The number of ether oxygens (including phenoxy) is 2. The number of nitrogens with zero attached hydrogens (tertiary/aromatic N) is 1. The van der Waals surface area contributed by atoms with Crippen LogP contribution in [0.1, 0.15) is 73.6 Å².